The maximum Gasteiger partial charge on any atom is 0.265 e. The fraction of sp³-hybridized carbons (Fsp3) is 0.200. The van der Waals surface area contributed by atoms with Gasteiger partial charge in [-0.3, -0.25) is 4.72 Å². The Morgan fingerprint density at radius 3 is 2.70 bits per heavy atom. The summed E-state index contributed by atoms with van der Waals surface area (Å²) in [5.74, 6) is 0.449. The Balaban J connectivity index is 2.27. The number of nitrogens with zero attached hydrogens (tertiary/aromatic N) is 2. The zero-order valence-electron chi connectivity index (χ0n) is 10.2. The second-order valence-corrected chi connectivity index (χ2v) is 8.11. The number of sulfonamides is 1. The van der Waals surface area contributed by atoms with Crippen molar-refractivity contribution in [3.8, 4) is 0 Å². The van der Waals surface area contributed by atoms with Crippen LogP contribution in [0.1, 0.15) is 6.92 Å². The molecule has 108 valence electrons. The fourth-order valence-electron chi connectivity index (χ4n) is 1.34. The van der Waals surface area contributed by atoms with E-state index >= 15 is 0 Å². The van der Waals surface area contributed by atoms with E-state index in [1.54, 1.807) is 0 Å². The molecule has 2 aromatic rings. The maximum atomic E-state index is 12.2. The van der Waals surface area contributed by atoms with Crippen molar-refractivity contribution in [2.45, 2.75) is 11.8 Å². The lowest BCUT2D eigenvalue weighted by Gasteiger charge is -2.08. The Kier molecular flexibility index (Phi) is 4.84. The molecule has 0 radical (unpaired) electrons. The summed E-state index contributed by atoms with van der Waals surface area (Å²) in [7, 11) is -3.75. The summed E-state index contributed by atoms with van der Waals surface area (Å²) < 4.78 is 27.4. The van der Waals surface area contributed by atoms with Crippen molar-refractivity contribution in [2.24, 2.45) is 0 Å². The summed E-state index contributed by atoms with van der Waals surface area (Å²) in [4.78, 5) is 7.89. The minimum Gasteiger partial charge on any atom is -0.369 e. The fourth-order valence-corrected chi connectivity index (χ4v) is 3.96. The van der Waals surface area contributed by atoms with Crippen molar-refractivity contribution in [1.82, 2.24) is 9.97 Å². The van der Waals surface area contributed by atoms with Crippen molar-refractivity contribution in [2.75, 3.05) is 16.6 Å². The number of pyridine rings is 1. The molecule has 20 heavy (non-hydrogen) atoms. The molecule has 2 rings (SSSR count). The summed E-state index contributed by atoms with van der Waals surface area (Å²) in [6, 6.07) is 1.34. The zero-order chi connectivity index (χ0) is 14.8. The number of nitrogens with one attached hydrogen (secondary N) is 2. The predicted molar refractivity (Wildman–Crippen MR) is 84.0 cm³/mol. The summed E-state index contributed by atoms with van der Waals surface area (Å²) in [5.41, 5.74) is 0. The SMILES string of the molecule is CCNc1ncc(S(=O)(=O)Nc2ncc(Br)s2)cc1Cl. The van der Waals surface area contributed by atoms with Gasteiger partial charge in [0.1, 0.15) is 10.7 Å². The number of thiazole rings is 1. The minimum absolute atomic E-state index is 0.0181. The molecule has 10 heteroatoms. The summed E-state index contributed by atoms with van der Waals surface area (Å²) in [5, 5.41) is 3.45. The van der Waals surface area contributed by atoms with Gasteiger partial charge in [0.05, 0.1) is 15.0 Å². The molecule has 2 aromatic heterocycles. The van der Waals surface area contributed by atoms with Gasteiger partial charge in [-0.2, -0.15) is 0 Å². The average molecular weight is 398 g/mol. The van der Waals surface area contributed by atoms with Crippen LogP contribution in [-0.2, 0) is 10.0 Å². The second-order valence-electron chi connectivity index (χ2n) is 3.61. The van der Waals surface area contributed by atoms with Crippen LogP contribution in [0.5, 0.6) is 0 Å². The smallest absolute Gasteiger partial charge is 0.265 e. The topological polar surface area (TPSA) is 84.0 Å². The molecule has 0 aliphatic heterocycles. The van der Waals surface area contributed by atoms with E-state index in [0.717, 1.165) is 3.79 Å². The molecular weight excluding hydrogens is 388 g/mol. The van der Waals surface area contributed by atoms with E-state index in [1.165, 1.54) is 29.8 Å². The number of hydrogen-bond acceptors (Lipinski definition) is 6. The molecule has 0 aliphatic carbocycles. The quantitative estimate of drug-likeness (QED) is 0.809. The highest BCUT2D eigenvalue weighted by Crippen LogP contribution is 2.27. The molecule has 0 amide bonds. The first kappa shape index (κ1) is 15.5. The van der Waals surface area contributed by atoms with E-state index in [-0.39, 0.29) is 15.0 Å². The largest absolute Gasteiger partial charge is 0.369 e. The Morgan fingerprint density at radius 2 is 2.15 bits per heavy atom. The van der Waals surface area contributed by atoms with Gasteiger partial charge in [0.2, 0.25) is 0 Å². The molecule has 0 saturated heterocycles. The maximum absolute atomic E-state index is 12.2. The molecule has 0 spiro atoms. The van der Waals surface area contributed by atoms with Gasteiger partial charge in [-0.15, -0.1) is 0 Å². The van der Waals surface area contributed by atoms with Gasteiger partial charge >= 0.3 is 0 Å². The van der Waals surface area contributed by atoms with Gasteiger partial charge in [-0.05, 0) is 28.9 Å². The molecule has 0 aliphatic rings. The van der Waals surface area contributed by atoms with Gasteiger partial charge in [0, 0.05) is 12.7 Å². The average Bonchev–Trinajstić information content (AvgIpc) is 2.76. The zero-order valence-corrected chi connectivity index (χ0v) is 14.2. The lowest BCUT2D eigenvalue weighted by molar-refractivity contribution is 0.601. The Morgan fingerprint density at radius 1 is 1.40 bits per heavy atom. The summed E-state index contributed by atoms with van der Waals surface area (Å²) in [6.45, 7) is 2.54. The molecule has 0 bridgehead atoms. The number of hydrogen-bond donors (Lipinski definition) is 2. The third-order valence-electron chi connectivity index (χ3n) is 2.17. The van der Waals surface area contributed by atoms with Gasteiger partial charge in [0.15, 0.2) is 5.13 Å². The highest BCUT2D eigenvalue weighted by Gasteiger charge is 2.18. The van der Waals surface area contributed by atoms with Crippen molar-refractivity contribution < 1.29 is 8.42 Å². The van der Waals surface area contributed by atoms with Crippen molar-refractivity contribution in [3.05, 3.63) is 27.3 Å². The normalized spacial score (nSPS) is 11.3. The molecule has 0 saturated carbocycles. The van der Waals surface area contributed by atoms with Crippen LogP contribution in [0.2, 0.25) is 5.02 Å². The number of rotatable bonds is 5. The van der Waals surface area contributed by atoms with Gasteiger partial charge in [0.25, 0.3) is 10.0 Å². The molecule has 2 N–H and O–H groups in total. The summed E-state index contributed by atoms with van der Waals surface area (Å²) in [6.07, 6.45) is 2.76. The van der Waals surface area contributed by atoms with Crippen LogP contribution in [-0.4, -0.2) is 24.9 Å². The second kappa shape index (κ2) is 6.25. The van der Waals surface area contributed by atoms with Crippen LogP contribution in [0.25, 0.3) is 0 Å². The molecule has 6 nitrogen and oxygen atoms in total. The lowest BCUT2D eigenvalue weighted by atomic mass is 10.4. The van der Waals surface area contributed by atoms with Gasteiger partial charge in [-0.25, -0.2) is 18.4 Å². The van der Waals surface area contributed by atoms with Crippen molar-refractivity contribution in [1.29, 1.82) is 0 Å². The molecule has 0 unspecified atom stereocenters. The van der Waals surface area contributed by atoms with Gasteiger partial charge in [-0.1, -0.05) is 22.9 Å². The van der Waals surface area contributed by atoms with E-state index in [1.807, 2.05) is 6.92 Å². The summed E-state index contributed by atoms with van der Waals surface area (Å²) >= 11 is 10.4. The Labute approximate surface area is 133 Å². The highest BCUT2D eigenvalue weighted by atomic mass is 79.9. The monoisotopic (exact) mass is 396 g/mol. The van der Waals surface area contributed by atoms with Crippen LogP contribution in [0.3, 0.4) is 0 Å². The first-order valence-electron chi connectivity index (χ1n) is 5.46. The standard InChI is InChI=1S/C10H10BrClN4O2S2/c1-2-13-9-7(12)3-6(4-14-9)20(17,18)16-10-15-5-8(11)19-10/h3-5H,2H2,1H3,(H,13,14)(H,15,16). The van der Waals surface area contributed by atoms with Gasteiger partial charge < -0.3 is 5.32 Å². The molecule has 0 atom stereocenters. The third-order valence-corrected chi connectivity index (χ3v) is 5.28. The molecule has 2 heterocycles. The first-order chi connectivity index (χ1) is 9.42. The predicted octanol–water partition coefficient (Wildman–Crippen LogP) is 3.19. The Bertz CT molecular complexity index is 720. The highest BCUT2D eigenvalue weighted by molar-refractivity contribution is 9.11. The lowest BCUT2D eigenvalue weighted by Crippen LogP contribution is -2.13. The van der Waals surface area contributed by atoms with E-state index in [9.17, 15) is 8.42 Å². The van der Waals surface area contributed by atoms with Crippen LogP contribution < -0.4 is 10.0 Å². The van der Waals surface area contributed by atoms with Crippen LogP contribution >= 0.6 is 38.9 Å². The molecule has 0 fully saturated rings. The van der Waals surface area contributed by atoms with E-state index in [4.69, 9.17) is 11.6 Å². The minimum atomic E-state index is -3.75. The number of anilines is 2. The van der Waals surface area contributed by atoms with Crippen LogP contribution in [0.4, 0.5) is 10.9 Å². The Hall–Kier alpha value is -0.900. The van der Waals surface area contributed by atoms with Crippen LogP contribution in [0, 0.1) is 0 Å². The van der Waals surface area contributed by atoms with Crippen molar-refractivity contribution >= 4 is 59.8 Å². The van der Waals surface area contributed by atoms with E-state index < -0.39 is 10.0 Å². The number of aromatic nitrogens is 2. The molecular formula is C10H10BrClN4O2S2. The molecule has 0 aromatic carbocycles. The van der Waals surface area contributed by atoms with E-state index in [0.29, 0.717) is 12.4 Å². The van der Waals surface area contributed by atoms with Crippen LogP contribution in [0.15, 0.2) is 27.1 Å². The first-order valence-corrected chi connectivity index (χ1v) is 8.93. The van der Waals surface area contributed by atoms with E-state index in [2.05, 4.69) is 35.9 Å². The van der Waals surface area contributed by atoms with Crippen molar-refractivity contribution in [3.63, 3.8) is 0 Å². The third kappa shape index (κ3) is 3.60. The number of halogens is 2.